The number of rotatable bonds is 10. The molecule has 5 heteroatoms. The largest absolute Gasteiger partial charge is 0.271 e. The number of hydrazine groups is 1. The molecule has 0 fully saturated rings. The molecule has 1 amide bonds. The normalized spacial score (nSPS) is 10.4. The number of nitrogens with zero attached hydrogens (tertiary/aromatic N) is 2. The maximum absolute atomic E-state index is 11.7. The van der Waals surface area contributed by atoms with E-state index in [-0.39, 0.29) is 12.3 Å². The van der Waals surface area contributed by atoms with Gasteiger partial charge in [0.15, 0.2) is 0 Å². The number of carbonyl (C=O) groups excluding carboxylic acids is 1. The summed E-state index contributed by atoms with van der Waals surface area (Å²) in [7, 11) is 1.49. The third-order valence-corrected chi connectivity index (χ3v) is 4.20. The SMILES string of the molecule is CNN(N=O)C(=O)CCc1ccc(CCCCc2ccccc2)cc1. The third kappa shape index (κ3) is 6.47. The van der Waals surface area contributed by atoms with Gasteiger partial charge in [-0.15, -0.1) is 10.0 Å². The molecule has 2 aromatic carbocycles. The predicted octanol–water partition coefficient (Wildman–Crippen LogP) is 3.83. The molecule has 0 radical (unpaired) electrons. The molecular formula is C20H25N3O2. The number of hydrogen-bond donors (Lipinski definition) is 1. The predicted molar refractivity (Wildman–Crippen MR) is 99.5 cm³/mol. The molecule has 0 aliphatic rings. The lowest BCUT2D eigenvalue weighted by molar-refractivity contribution is -0.134. The lowest BCUT2D eigenvalue weighted by Gasteiger charge is -2.10. The number of unbranched alkanes of at least 4 members (excludes halogenated alkanes) is 1. The molecule has 2 aromatic rings. The highest BCUT2D eigenvalue weighted by Crippen LogP contribution is 2.12. The van der Waals surface area contributed by atoms with Gasteiger partial charge in [-0.05, 0) is 48.8 Å². The Labute approximate surface area is 149 Å². The Morgan fingerprint density at radius 1 is 0.880 bits per heavy atom. The van der Waals surface area contributed by atoms with E-state index in [0.29, 0.717) is 6.42 Å². The number of benzene rings is 2. The highest BCUT2D eigenvalue weighted by Gasteiger charge is 2.11. The monoisotopic (exact) mass is 339 g/mol. The minimum absolute atomic E-state index is 0.253. The van der Waals surface area contributed by atoms with Crippen LogP contribution in [0, 0.1) is 4.91 Å². The second-order valence-corrected chi connectivity index (χ2v) is 6.02. The molecule has 0 aliphatic heterocycles. The Bertz CT molecular complexity index is 656. The Morgan fingerprint density at radius 3 is 1.92 bits per heavy atom. The highest BCUT2D eigenvalue weighted by molar-refractivity contribution is 5.75. The van der Waals surface area contributed by atoms with Gasteiger partial charge in [0.1, 0.15) is 0 Å². The highest BCUT2D eigenvalue weighted by atomic mass is 16.3. The molecule has 132 valence electrons. The van der Waals surface area contributed by atoms with Crippen molar-refractivity contribution < 1.29 is 4.79 Å². The van der Waals surface area contributed by atoms with Crippen molar-refractivity contribution in [2.75, 3.05) is 7.05 Å². The van der Waals surface area contributed by atoms with E-state index in [9.17, 15) is 9.70 Å². The molecule has 0 spiro atoms. The van der Waals surface area contributed by atoms with Crippen LogP contribution in [0.1, 0.15) is 36.0 Å². The summed E-state index contributed by atoms with van der Waals surface area (Å²) < 4.78 is 0. The standard InChI is InChI=1S/C20H25N3O2/c1-21-23(22-25)20(24)16-15-19-13-11-18(12-14-19)10-6-5-9-17-7-3-2-4-8-17/h2-4,7-8,11-14,21H,5-6,9-10,15-16H2,1H3. The van der Waals surface area contributed by atoms with Gasteiger partial charge >= 0.3 is 0 Å². The Kier molecular flexibility index (Phi) is 7.79. The molecule has 25 heavy (non-hydrogen) atoms. The van der Waals surface area contributed by atoms with E-state index in [2.05, 4.69) is 59.2 Å². The van der Waals surface area contributed by atoms with E-state index in [0.717, 1.165) is 29.9 Å². The molecule has 2 rings (SSSR count). The molecule has 0 saturated carbocycles. The van der Waals surface area contributed by atoms with Crippen molar-refractivity contribution in [2.45, 2.75) is 38.5 Å². The van der Waals surface area contributed by atoms with Gasteiger partial charge in [0.05, 0.1) is 5.29 Å². The van der Waals surface area contributed by atoms with Crippen molar-refractivity contribution in [3.8, 4) is 0 Å². The van der Waals surface area contributed by atoms with Crippen molar-refractivity contribution in [3.05, 3.63) is 76.2 Å². The van der Waals surface area contributed by atoms with Crippen molar-refractivity contribution in [1.82, 2.24) is 10.5 Å². The fourth-order valence-electron chi connectivity index (χ4n) is 2.74. The molecule has 0 heterocycles. The summed E-state index contributed by atoms with van der Waals surface area (Å²) in [6.07, 6.45) is 5.37. The summed E-state index contributed by atoms with van der Waals surface area (Å²) in [6.45, 7) is 0. The van der Waals surface area contributed by atoms with Gasteiger partial charge in [-0.25, -0.2) is 5.43 Å². The fourth-order valence-corrected chi connectivity index (χ4v) is 2.74. The van der Waals surface area contributed by atoms with Crippen LogP contribution in [0.5, 0.6) is 0 Å². The zero-order chi connectivity index (χ0) is 17.9. The van der Waals surface area contributed by atoms with Crippen LogP contribution in [0.15, 0.2) is 59.9 Å². The van der Waals surface area contributed by atoms with E-state index in [1.165, 1.54) is 24.6 Å². The minimum Gasteiger partial charge on any atom is -0.271 e. The summed E-state index contributed by atoms with van der Waals surface area (Å²) in [5.74, 6) is -0.331. The van der Waals surface area contributed by atoms with Gasteiger partial charge in [0.25, 0.3) is 5.91 Å². The quantitative estimate of drug-likeness (QED) is 0.406. The number of carbonyl (C=O) groups is 1. The maximum Gasteiger partial charge on any atom is 0.260 e. The number of hydrogen-bond acceptors (Lipinski definition) is 4. The maximum atomic E-state index is 11.7. The van der Waals surface area contributed by atoms with E-state index in [1.807, 2.05) is 6.07 Å². The minimum atomic E-state index is -0.331. The van der Waals surface area contributed by atoms with Crippen LogP contribution in [0.25, 0.3) is 0 Å². The van der Waals surface area contributed by atoms with Crippen LogP contribution in [0.4, 0.5) is 0 Å². The van der Waals surface area contributed by atoms with E-state index in [1.54, 1.807) is 0 Å². The topological polar surface area (TPSA) is 61.8 Å². The van der Waals surface area contributed by atoms with Crippen molar-refractivity contribution in [1.29, 1.82) is 0 Å². The molecule has 0 aromatic heterocycles. The number of nitrogens with one attached hydrogen (secondary N) is 1. The van der Waals surface area contributed by atoms with E-state index >= 15 is 0 Å². The van der Waals surface area contributed by atoms with Crippen LogP contribution < -0.4 is 5.43 Å². The molecular weight excluding hydrogens is 314 g/mol. The summed E-state index contributed by atoms with van der Waals surface area (Å²) in [6, 6.07) is 18.9. The average molecular weight is 339 g/mol. The van der Waals surface area contributed by atoms with Crippen LogP contribution in [0.3, 0.4) is 0 Å². The first-order chi connectivity index (χ1) is 12.2. The second kappa shape index (κ2) is 10.4. The van der Waals surface area contributed by atoms with Crippen molar-refractivity contribution in [2.24, 2.45) is 5.29 Å². The molecule has 5 nitrogen and oxygen atoms in total. The zero-order valence-electron chi connectivity index (χ0n) is 14.6. The molecule has 0 atom stereocenters. The Balaban J connectivity index is 1.70. The summed E-state index contributed by atoms with van der Waals surface area (Å²) in [5, 5.41) is 3.34. The first-order valence-electron chi connectivity index (χ1n) is 8.68. The molecule has 0 bridgehead atoms. The van der Waals surface area contributed by atoms with Gasteiger partial charge in [-0.3, -0.25) is 4.79 Å². The summed E-state index contributed by atoms with van der Waals surface area (Å²) >= 11 is 0. The van der Waals surface area contributed by atoms with Gasteiger partial charge in [-0.2, -0.15) is 0 Å². The van der Waals surface area contributed by atoms with Crippen LogP contribution >= 0.6 is 0 Å². The number of aryl methyl sites for hydroxylation is 3. The van der Waals surface area contributed by atoms with Gasteiger partial charge in [-0.1, -0.05) is 54.6 Å². The summed E-state index contributed by atoms with van der Waals surface area (Å²) in [5.41, 5.74) is 6.23. The first kappa shape index (κ1) is 18.8. The Morgan fingerprint density at radius 2 is 1.40 bits per heavy atom. The summed E-state index contributed by atoms with van der Waals surface area (Å²) in [4.78, 5) is 22.1. The molecule has 0 saturated heterocycles. The van der Waals surface area contributed by atoms with Crippen LogP contribution in [0.2, 0.25) is 0 Å². The van der Waals surface area contributed by atoms with Crippen molar-refractivity contribution in [3.63, 3.8) is 0 Å². The Hall–Kier alpha value is -2.53. The van der Waals surface area contributed by atoms with E-state index < -0.39 is 0 Å². The molecule has 1 N–H and O–H groups in total. The van der Waals surface area contributed by atoms with Gasteiger partial charge < -0.3 is 0 Å². The molecule has 0 aliphatic carbocycles. The number of nitroso groups, excluding NO2 is 1. The lowest BCUT2D eigenvalue weighted by Crippen LogP contribution is -2.35. The van der Waals surface area contributed by atoms with Crippen LogP contribution in [-0.4, -0.2) is 18.1 Å². The number of amides is 1. The van der Waals surface area contributed by atoms with Crippen LogP contribution in [-0.2, 0) is 24.1 Å². The first-order valence-corrected chi connectivity index (χ1v) is 8.68. The smallest absolute Gasteiger partial charge is 0.260 e. The zero-order valence-corrected chi connectivity index (χ0v) is 14.6. The second-order valence-electron chi connectivity index (χ2n) is 6.02. The molecule has 0 unspecified atom stereocenters. The van der Waals surface area contributed by atoms with E-state index in [4.69, 9.17) is 0 Å². The fraction of sp³-hybridized carbons (Fsp3) is 0.350. The van der Waals surface area contributed by atoms with Crippen molar-refractivity contribution >= 4 is 5.91 Å². The van der Waals surface area contributed by atoms with Gasteiger partial charge in [0, 0.05) is 13.5 Å². The van der Waals surface area contributed by atoms with Gasteiger partial charge in [0.2, 0.25) is 0 Å². The third-order valence-electron chi connectivity index (χ3n) is 4.20. The average Bonchev–Trinajstić information content (AvgIpc) is 2.66. The lowest BCUT2D eigenvalue weighted by atomic mass is 10.0.